The van der Waals surface area contributed by atoms with Gasteiger partial charge in [0, 0.05) is 13.0 Å². The Kier molecular flexibility index (Phi) is 4.25. The summed E-state index contributed by atoms with van der Waals surface area (Å²) in [5.74, 6) is 1.06. The molecule has 1 aliphatic heterocycles. The van der Waals surface area contributed by atoms with Gasteiger partial charge in [0.15, 0.2) is 0 Å². The predicted octanol–water partition coefficient (Wildman–Crippen LogP) is 2.09. The van der Waals surface area contributed by atoms with E-state index in [4.69, 9.17) is 10.5 Å². The molecule has 0 aromatic heterocycles. The van der Waals surface area contributed by atoms with Crippen LogP contribution in [-0.4, -0.2) is 19.7 Å². The SMILES string of the molecule is CC(C)(CN)CCNCc1ccc2c(c1)CCO2. The molecular formula is C15H24N2O. The molecular weight excluding hydrogens is 224 g/mol. The first-order valence-electron chi connectivity index (χ1n) is 6.76. The second-order valence-electron chi connectivity index (χ2n) is 5.84. The molecule has 0 amide bonds. The smallest absolute Gasteiger partial charge is 0.122 e. The van der Waals surface area contributed by atoms with Gasteiger partial charge in [-0.2, -0.15) is 0 Å². The summed E-state index contributed by atoms with van der Waals surface area (Å²) in [6.45, 7) is 7.93. The number of nitrogens with two attached hydrogens (primary N) is 1. The maximum absolute atomic E-state index is 5.72. The zero-order chi connectivity index (χ0) is 13.0. The molecule has 0 radical (unpaired) electrons. The molecule has 0 saturated carbocycles. The zero-order valence-corrected chi connectivity index (χ0v) is 11.5. The van der Waals surface area contributed by atoms with E-state index in [0.29, 0.717) is 0 Å². The summed E-state index contributed by atoms with van der Waals surface area (Å²) in [5, 5.41) is 3.49. The van der Waals surface area contributed by atoms with Crippen LogP contribution in [0.25, 0.3) is 0 Å². The van der Waals surface area contributed by atoms with Gasteiger partial charge in [-0.25, -0.2) is 0 Å². The standard InChI is InChI=1S/C15H24N2O/c1-15(2,11-16)6-7-17-10-12-3-4-14-13(9-12)5-8-18-14/h3-4,9,17H,5-8,10-11,16H2,1-2H3. The van der Waals surface area contributed by atoms with Crippen molar-refractivity contribution in [2.45, 2.75) is 33.2 Å². The Balaban J connectivity index is 1.77. The van der Waals surface area contributed by atoms with Crippen LogP contribution in [0, 0.1) is 5.41 Å². The van der Waals surface area contributed by atoms with Gasteiger partial charge in [0.1, 0.15) is 5.75 Å². The fraction of sp³-hybridized carbons (Fsp3) is 0.600. The van der Waals surface area contributed by atoms with Crippen molar-refractivity contribution in [2.75, 3.05) is 19.7 Å². The monoisotopic (exact) mass is 248 g/mol. The molecule has 3 heteroatoms. The van der Waals surface area contributed by atoms with Gasteiger partial charge in [0.25, 0.3) is 0 Å². The zero-order valence-electron chi connectivity index (χ0n) is 11.5. The van der Waals surface area contributed by atoms with Crippen LogP contribution >= 0.6 is 0 Å². The van der Waals surface area contributed by atoms with E-state index in [0.717, 1.165) is 44.8 Å². The van der Waals surface area contributed by atoms with Gasteiger partial charge in [0.2, 0.25) is 0 Å². The first-order valence-corrected chi connectivity index (χ1v) is 6.76. The average molecular weight is 248 g/mol. The fourth-order valence-electron chi connectivity index (χ4n) is 2.11. The minimum Gasteiger partial charge on any atom is -0.493 e. The van der Waals surface area contributed by atoms with Crippen LogP contribution in [0.15, 0.2) is 18.2 Å². The van der Waals surface area contributed by atoms with Crippen molar-refractivity contribution >= 4 is 0 Å². The van der Waals surface area contributed by atoms with Crippen molar-refractivity contribution < 1.29 is 4.74 Å². The quantitative estimate of drug-likeness (QED) is 0.758. The van der Waals surface area contributed by atoms with E-state index in [9.17, 15) is 0 Å². The van der Waals surface area contributed by atoms with Crippen LogP contribution in [0.5, 0.6) is 5.75 Å². The Morgan fingerprint density at radius 1 is 1.39 bits per heavy atom. The van der Waals surface area contributed by atoms with Crippen molar-refractivity contribution in [2.24, 2.45) is 11.1 Å². The third kappa shape index (κ3) is 3.47. The summed E-state index contributed by atoms with van der Waals surface area (Å²) >= 11 is 0. The van der Waals surface area contributed by atoms with Gasteiger partial charge in [-0.1, -0.05) is 26.0 Å². The lowest BCUT2D eigenvalue weighted by Gasteiger charge is -2.22. The Morgan fingerprint density at radius 3 is 3.00 bits per heavy atom. The largest absolute Gasteiger partial charge is 0.493 e. The molecule has 0 spiro atoms. The molecule has 18 heavy (non-hydrogen) atoms. The summed E-state index contributed by atoms with van der Waals surface area (Å²) in [4.78, 5) is 0. The summed E-state index contributed by atoms with van der Waals surface area (Å²) in [5.41, 5.74) is 8.64. The van der Waals surface area contributed by atoms with Crippen molar-refractivity contribution in [1.82, 2.24) is 5.32 Å². The highest BCUT2D eigenvalue weighted by molar-refractivity contribution is 5.39. The van der Waals surface area contributed by atoms with Gasteiger partial charge < -0.3 is 15.8 Å². The molecule has 2 rings (SSSR count). The molecule has 1 aromatic carbocycles. The van der Waals surface area contributed by atoms with Crippen molar-refractivity contribution in [3.05, 3.63) is 29.3 Å². The highest BCUT2D eigenvalue weighted by atomic mass is 16.5. The molecule has 0 saturated heterocycles. The van der Waals surface area contributed by atoms with E-state index in [1.54, 1.807) is 0 Å². The summed E-state index contributed by atoms with van der Waals surface area (Å²) < 4.78 is 5.50. The Morgan fingerprint density at radius 2 is 2.22 bits per heavy atom. The third-order valence-corrected chi connectivity index (χ3v) is 3.61. The lowest BCUT2D eigenvalue weighted by Crippen LogP contribution is -2.28. The normalized spacial score (nSPS) is 14.4. The number of rotatable bonds is 6. The van der Waals surface area contributed by atoms with Crippen molar-refractivity contribution in [1.29, 1.82) is 0 Å². The molecule has 0 aliphatic carbocycles. The molecule has 3 N–H and O–H groups in total. The summed E-state index contributed by atoms with van der Waals surface area (Å²) in [7, 11) is 0. The summed E-state index contributed by atoms with van der Waals surface area (Å²) in [6.07, 6.45) is 2.15. The maximum atomic E-state index is 5.72. The highest BCUT2D eigenvalue weighted by Crippen LogP contribution is 2.25. The van der Waals surface area contributed by atoms with Gasteiger partial charge in [-0.3, -0.25) is 0 Å². The minimum atomic E-state index is 0.235. The number of hydrogen-bond donors (Lipinski definition) is 2. The lowest BCUT2D eigenvalue weighted by molar-refractivity contribution is 0.339. The number of ether oxygens (including phenoxy) is 1. The molecule has 0 fully saturated rings. The molecule has 100 valence electrons. The second-order valence-corrected chi connectivity index (χ2v) is 5.84. The van der Waals surface area contributed by atoms with Crippen LogP contribution in [-0.2, 0) is 13.0 Å². The Bertz CT molecular complexity index is 401. The van der Waals surface area contributed by atoms with Gasteiger partial charge >= 0.3 is 0 Å². The van der Waals surface area contributed by atoms with E-state index < -0.39 is 0 Å². The number of fused-ring (bicyclic) bond motifs is 1. The first kappa shape index (κ1) is 13.4. The van der Waals surface area contributed by atoms with Gasteiger partial charge in [-0.15, -0.1) is 0 Å². The first-order chi connectivity index (χ1) is 8.61. The average Bonchev–Trinajstić information content (AvgIpc) is 2.82. The van der Waals surface area contributed by atoms with Crippen molar-refractivity contribution in [3.8, 4) is 5.75 Å². The van der Waals surface area contributed by atoms with Gasteiger partial charge in [0.05, 0.1) is 6.61 Å². The van der Waals surface area contributed by atoms with Crippen LogP contribution in [0.2, 0.25) is 0 Å². The van der Waals surface area contributed by atoms with Crippen LogP contribution < -0.4 is 15.8 Å². The molecule has 3 nitrogen and oxygen atoms in total. The number of hydrogen-bond acceptors (Lipinski definition) is 3. The summed E-state index contributed by atoms with van der Waals surface area (Å²) in [6, 6.07) is 6.48. The second kappa shape index (κ2) is 5.72. The molecule has 1 heterocycles. The number of benzene rings is 1. The Labute approximate surface area is 110 Å². The van der Waals surface area contributed by atoms with Crippen LogP contribution in [0.1, 0.15) is 31.4 Å². The third-order valence-electron chi connectivity index (χ3n) is 3.61. The Hall–Kier alpha value is -1.06. The van der Waals surface area contributed by atoms with E-state index in [2.05, 4.69) is 37.4 Å². The van der Waals surface area contributed by atoms with E-state index in [1.165, 1.54) is 11.1 Å². The lowest BCUT2D eigenvalue weighted by atomic mass is 9.90. The maximum Gasteiger partial charge on any atom is 0.122 e. The predicted molar refractivity (Wildman–Crippen MR) is 74.8 cm³/mol. The van der Waals surface area contributed by atoms with Crippen LogP contribution in [0.4, 0.5) is 0 Å². The molecule has 0 bridgehead atoms. The minimum absolute atomic E-state index is 0.235. The topological polar surface area (TPSA) is 47.3 Å². The van der Waals surface area contributed by atoms with E-state index in [-0.39, 0.29) is 5.41 Å². The van der Waals surface area contributed by atoms with E-state index >= 15 is 0 Å². The van der Waals surface area contributed by atoms with Crippen molar-refractivity contribution in [3.63, 3.8) is 0 Å². The molecule has 1 aliphatic rings. The highest BCUT2D eigenvalue weighted by Gasteiger charge is 2.15. The molecule has 0 unspecified atom stereocenters. The van der Waals surface area contributed by atoms with Gasteiger partial charge in [-0.05, 0) is 42.1 Å². The van der Waals surface area contributed by atoms with Crippen LogP contribution in [0.3, 0.4) is 0 Å². The molecule has 0 atom stereocenters. The molecule has 1 aromatic rings. The fourth-order valence-corrected chi connectivity index (χ4v) is 2.11. The van der Waals surface area contributed by atoms with E-state index in [1.807, 2.05) is 0 Å². The number of nitrogens with one attached hydrogen (secondary N) is 1.